The van der Waals surface area contributed by atoms with Crippen LogP contribution in [-0.2, 0) is 6.54 Å². The van der Waals surface area contributed by atoms with Gasteiger partial charge in [0, 0.05) is 42.3 Å². The quantitative estimate of drug-likeness (QED) is 0.134. The number of nitrogens with zero attached hydrogens (tertiary/aromatic N) is 2. The van der Waals surface area contributed by atoms with Gasteiger partial charge in [0.2, 0.25) is 0 Å². The molecule has 0 atom stereocenters. The summed E-state index contributed by atoms with van der Waals surface area (Å²) in [4.78, 5) is 4.25. The molecule has 0 unspecified atom stereocenters. The number of nitrogens with one attached hydrogen (secondary N) is 3. The highest BCUT2D eigenvalue weighted by atomic mass is 19.1. The molecule has 2 aromatic carbocycles. The van der Waals surface area contributed by atoms with Gasteiger partial charge >= 0.3 is 0 Å². The van der Waals surface area contributed by atoms with Crippen molar-refractivity contribution in [3.05, 3.63) is 162 Å². The maximum atomic E-state index is 16.3. The number of rotatable bonds is 13. The summed E-state index contributed by atoms with van der Waals surface area (Å²) < 4.78 is 16.3. The van der Waals surface area contributed by atoms with E-state index in [4.69, 9.17) is 0 Å². The summed E-state index contributed by atoms with van der Waals surface area (Å²) >= 11 is 0. The molecule has 4 rings (SSSR count). The van der Waals surface area contributed by atoms with E-state index in [1.54, 1.807) is 24.4 Å². The van der Waals surface area contributed by atoms with Crippen molar-refractivity contribution in [3.8, 4) is 0 Å². The maximum absolute atomic E-state index is 16.3. The number of allylic oxidation sites excluding steroid dienone is 8. The first kappa shape index (κ1) is 34.4. The highest BCUT2D eigenvalue weighted by molar-refractivity contribution is 5.94. The highest BCUT2D eigenvalue weighted by Crippen LogP contribution is 2.31. The van der Waals surface area contributed by atoms with E-state index in [1.165, 1.54) is 5.56 Å². The Labute approximate surface area is 267 Å². The predicted molar refractivity (Wildman–Crippen MR) is 190 cm³/mol. The zero-order chi connectivity index (χ0) is 32.8. The van der Waals surface area contributed by atoms with Gasteiger partial charge in [0.1, 0.15) is 11.5 Å². The van der Waals surface area contributed by atoms with Crippen molar-refractivity contribution in [2.24, 2.45) is 0 Å². The molecule has 5 nitrogen and oxygen atoms in total. The Kier molecular flexibility index (Phi) is 13.2. The summed E-state index contributed by atoms with van der Waals surface area (Å²) in [5.41, 5.74) is 8.65. The molecule has 4 aromatic rings. The van der Waals surface area contributed by atoms with Gasteiger partial charge in [0.05, 0.1) is 16.6 Å². The van der Waals surface area contributed by atoms with Crippen molar-refractivity contribution >= 4 is 27.7 Å². The van der Waals surface area contributed by atoms with Crippen molar-refractivity contribution in [3.63, 3.8) is 0 Å². The Hall–Kier alpha value is -5.07. The number of aromatic amines is 1. The minimum Gasteiger partial charge on any atom is -0.358 e. The number of aromatic nitrogens is 3. The molecule has 0 saturated heterocycles. The molecule has 0 aliphatic rings. The van der Waals surface area contributed by atoms with Crippen LogP contribution in [0.2, 0.25) is 0 Å². The van der Waals surface area contributed by atoms with Crippen LogP contribution >= 0.6 is 0 Å². The molecule has 0 fully saturated rings. The monoisotopic (exact) mass is 601 g/mol. The van der Waals surface area contributed by atoms with Gasteiger partial charge in [-0.15, -0.1) is 0 Å². The molecule has 45 heavy (non-hydrogen) atoms. The van der Waals surface area contributed by atoms with Crippen LogP contribution in [0.4, 0.5) is 4.39 Å². The standard InChI is InChI=1S/C37H38FN5.C2H6/c1-7-14-32(31-17-13-20-39-24-31)25(4)26(5)41-27(6)37-35-34(42-43-37)19-18-33(36(35)38)30(9-3)21-28(8-2)22-40-23-29-15-11-10-12-16-29;1-2/h7-21,24,40-41H,1-2,6,22-23H2,3-5H3,(H,42,43);1-2H3/b26-25+,28-21+,30-9+,32-14+;. The van der Waals surface area contributed by atoms with Crippen molar-refractivity contribution in [2.45, 2.75) is 41.2 Å². The van der Waals surface area contributed by atoms with Crippen LogP contribution in [-0.4, -0.2) is 21.7 Å². The van der Waals surface area contributed by atoms with Gasteiger partial charge in [0.15, 0.2) is 0 Å². The summed E-state index contributed by atoms with van der Waals surface area (Å²) in [6.07, 6.45) is 12.9. The van der Waals surface area contributed by atoms with Gasteiger partial charge in [-0.25, -0.2) is 4.39 Å². The summed E-state index contributed by atoms with van der Waals surface area (Å²) in [6.45, 7) is 23.2. The Bertz CT molecular complexity index is 1740. The second-order valence-corrected chi connectivity index (χ2v) is 10.1. The zero-order valence-electron chi connectivity index (χ0n) is 27.0. The number of pyridine rings is 1. The highest BCUT2D eigenvalue weighted by Gasteiger charge is 2.19. The molecule has 0 radical (unpaired) electrons. The predicted octanol–water partition coefficient (Wildman–Crippen LogP) is 9.55. The van der Waals surface area contributed by atoms with Gasteiger partial charge in [-0.2, -0.15) is 5.10 Å². The lowest BCUT2D eigenvalue weighted by atomic mass is 9.98. The maximum Gasteiger partial charge on any atom is 0.142 e. The summed E-state index contributed by atoms with van der Waals surface area (Å²) in [5, 5.41) is 14.6. The average Bonchev–Trinajstić information content (AvgIpc) is 3.52. The van der Waals surface area contributed by atoms with Gasteiger partial charge in [-0.3, -0.25) is 10.1 Å². The van der Waals surface area contributed by atoms with Crippen LogP contribution in [0.1, 0.15) is 57.0 Å². The minimum absolute atomic E-state index is 0.366. The number of fused-ring (bicyclic) bond motifs is 1. The second-order valence-electron chi connectivity index (χ2n) is 10.1. The van der Waals surface area contributed by atoms with Gasteiger partial charge in [0.25, 0.3) is 0 Å². The van der Waals surface area contributed by atoms with E-state index in [0.717, 1.165) is 40.1 Å². The SMILES string of the molecule is C=C/C=C(\C(C)=C(/C)NC(=C)c1n[nH]c2ccc(C(/C=C(\C=C)CNCc3ccccc3)=C/C)c(F)c12)c1cccnc1.CC. The molecule has 6 heteroatoms. The van der Waals surface area contributed by atoms with Crippen LogP contribution in [0, 0.1) is 5.82 Å². The number of hydrogen-bond donors (Lipinski definition) is 3. The van der Waals surface area contributed by atoms with E-state index < -0.39 is 0 Å². The van der Waals surface area contributed by atoms with Crippen molar-refractivity contribution in [1.29, 1.82) is 0 Å². The molecule has 0 bridgehead atoms. The van der Waals surface area contributed by atoms with Gasteiger partial charge in [-0.05, 0) is 66.8 Å². The zero-order valence-corrected chi connectivity index (χ0v) is 27.0. The molecule has 3 N–H and O–H groups in total. The molecule has 2 aromatic heterocycles. The van der Waals surface area contributed by atoms with Gasteiger partial charge < -0.3 is 10.6 Å². The lowest BCUT2D eigenvalue weighted by Crippen LogP contribution is -2.16. The lowest BCUT2D eigenvalue weighted by molar-refractivity contribution is 0.636. The van der Waals surface area contributed by atoms with E-state index in [0.29, 0.717) is 34.4 Å². The molecule has 2 heterocycles. The molecule has 0 saturated carbocycles. The van der Waals surface area contributed by atoms with Crippen molar-refractivity contribution in [1.82, 2.24) is 25.8 Å². The van der Waals surface area contributed by atoms with Gasteiger partial charge in [-0.1, -0.05) is 100 Å². The number of H-pyrrole nitrogens is 1. The van der Waals surface area contributed by atoms with Crippen LogP contribution in [0.3, 0.4) is 0 Å². The Morgan fingerprint density at radius 1 is 1.02 bits per heavy atom. The third-order valence-corrected chi connectivity index (χ3v) is 7.24. The van der Waals surface area contributed by atoms with Crippen LogP contribution < -0.4 is 10.6 Å². The smallest absolute Gasteiger partial charge is 0.142 e. The summed E-state index contributed by atoms with van der Waals surface area (Å²) in [5.74, 6) is -0.366. The van der Waals surface area contributed by atoms with Crippen molar-refractivity contribution in [2.75, 3.05) is 6.54 Å². The molecule has 0 aliphatic heterocycles. The largest absolute Gasteiger partial charge is 0.358 e. The Balaban J connectivity index is 0.00000271. The fourth-order valence-corrected chi connectivity index (χ4v) is 4.82. The van der Waals surface area contributed by atoms with Crippen molar-refractivity contribution < 1.29 is 4.39 Å². The average molecular weight is 602 g/mol. The molecule has 0 aliphatic carbocycles. The Morgan fingerprint density at radius 2 is 1.78 bits per heavy atom. The summed E-state index contributed by atoms with van der Waals surface area (Å²) in [7, 11) is 0. The van der Waals surface area contributed by atoms with Crippen LogP contribution in [0.25, 0.3) is 27.7 Å². The van der Waals surface area contributed by atoms with E-state index in [-0.39, 0.29) is 5.82 Å². The molecule has 0 amide bonds. The second kappa shape index (κ2) is 17.3. The fraction of sp³-hybridized carbons (Fsp3) is 0.179. The van der Waals surface area contributed by atoms with Crippen LogP contribution in [0.15, 0.2) is 134 Å². The first-order valence-corrected chi connectivity index (χ1v) is 15.2. The molecular formula is C39H44FN5. The first-order valence-electron chi connectivity index (χ1n) is 15.2. The number of benzene rings is 2. The molecule has 0 spiro atoms. The van der Waals surface area contributed by atoms with E-state index in [2.05, 4.69) is 57.7 Å². The summed E-state index contributed by atoms with van der Waals surface area (Å²) in [6, 6.07) is 17.7. The topological polar surface area (TPSA) is 65.6 Å². The minimum atomic E-state index is -0.366. The third-order valence-electron chi connectivity index (χ3n) is 7.24. The third kappa shape index (κ3) is 8.74. The first-order chi connectivity index (χ1) is 21.9. The van der Waals surface area contributed by atoms with E-state index in [1.807, 2.05) is 95.4 Å². The molecular weight excluding hydrogens is 557 g/mol. The molecule has 232 valence electrons. The van der Waals surface area contributed by atoms with E-state index >= 15 is 4.39 Å². The fourth-order valence-electron chi connectivity index (χ4n) is 4.82. The number of halogens is 1. The van der Waals surface area contributed by atoms with Crippen LogP contribution in [0.5, 0.6) is 0 Å². The normalized spacial score (nSPS) is 12.6. The lowest BCUT2D eigenvalue weighted by Gasteiger charge is -2.15. The number of hydrogen-bond acceptors (Lipinski definition) is 4. The Morgan fingerprint density at radius 3 is 2.42 bits per heavy atom. The van der Waals surface area contributed by atoms with E-state index in [9.17, 15) is 0 Å².